The van der Waals surface area contributed by atoms with Crippen molar-refractivity contribution in [2.45, 2.75) is 39.5 Å². The van der Waals surface area contributed by atoms with Gasteiger partial charge in [0.15, 0.2) is 0 Å². The lowest BCUT2D eigenvalue weighted by molar-refractivity contribution is -0.384. The summed E-state index contributed by atoms with van der Waals surface area (Å²) in [4.78, 5) is 24.4. The lowest BCUT2D eigenvalue weighted by atomic mass is 10.2. The predicted octanol–water partition coefficient (Wildman–Crippen LogP) is 4.04. The molecule has 0 heterocycles. The molecule has 0 aromatic heterocycles. The highest BCUT2D eigenvalue weighted by Gasteiger charge is 2.09. The summed E-state index contributed by atoms with van der Waals surface area (Å²) in [5.74, 6) is -0.0339. The minimum absolute atomic E-state index is 0.0309. The summed E-state index contributed by atoms with van der Waals surface area (Å²) in [7, 11) is 0. The Hall–Kier alpha value is -2.17. The van der Waals surface area contributed by atoms with Gasteiger partial charge in [0.05, 0.1) is 4.92 Å². The second kappa shape index (κ2) is 9.71. The van der Waals surface area contributed by atoms with Crippen LogP contribution in [0.1, 0.15) is 45.1 Å². The lowest BCUT2D eigenvalue weighted by Gasteiger charge is -2.20. The van der Waals surface area contributed by atoms with Gasteiger partial charge in [-0.25, -0.2) is 0 Å². The molecule has 5 nitrogen and oxygen atoms in total. The van der Waals surface area contributed by atoms with Crippen molar-refractivity contribution in [2.75, 3.05) is 13.1 Å². The Morgan fingerprint density at radius 3 is 2.41 bits per heavy atom. The topological polar surface area (TPSA) is 63.5 Å². The molecule has 120 valence electrons. The van der Waals surface area contributed by atoms with Crippen molar-refractivity contribution in [3.8, 4) is 0 Å². The molecule has 0 aliphatic carbocycles. The lowest BCUT2D eigenvalue weighted by Crippen LogP contribution is -2.31. The molecule has 0 aliphatic rings. The summed E-state index contributed by atoms with van der Waals surface area (Å²) in [6.45, 7) is 5.71. The molecule has 1 aromatic rings. The minimum atomic E-state index is -0.437. The van der Waals surface area contributed by atoms with Crippen molar-refractivity contribution in [1.82, 2.24) is 4.90 Å². The molecule has 0 atom stereocenters. The third-order valence-electron chi connectivity index (χ3n) is 3.37. The number of carbonyl (C=O) groups is 1. The zero-order valence-electron chi connectivity index (χ0n) is 13.3. The first-order chi connectivity index (χ1) is 10.6. The van der Waals surface area contributed by atoms with E-state index >= 15 is 0 Å². The van der Waals surface area contributed by atoms with Gasteiger partial charge in [0.1, 0.15) is 0 Å². The molecular weight excluding hydrogens is 280 g/mol. The van der Waals surface area contributed by atoms with Crippen molar-refractivity contribution < 1.29 is 9.72 Å². The molecule has 22 heavy (non-hydrogen) atoms. The van der Waals surface area contributed by atoms with E-state index in [-0.39, 0.29) is 11.6 Å². The largest absolute Gasteiger partial charge is 0.339 e. The van der Waals surface area contributed by atoms with Crippen molar-refractivity contribution >= 4 is 17.7 Å². The molecule has 1 rings (SSSR count). The van der Waals surface area contributed by atoms with Gasteiger partial charge in [-0.3, -0.25) is 14.9 Å². The van der Waals surface area contributed by atoms with Crippen LogP contribution in [0.5, 0.6) is 0 Å². The van der Waals surface area contributed by atoms with Gasteiger partial charge in [-0.15, -0.1) is 0 Å². The Bertz CT molecular complexity index is 518. The third kappa shape index (κ3) is 6.08. The number of nitro benzene ring substituents is 1. The van der Waals surface area contributed by atoms with Crippen LogP contribution in [0.25, 0.3) is 6.08 Å². The first kappa shape index (κ1) is 17.9. The number of carbonyl (C=O) groups excluding carboxylic acids is 1. The molecule has 0 fully saturated rings. The summed E-state index contributed by atoms with van der Waals surface area (Å²) in [5.41, 5.74) is 0.692. The third-order valence-corrected chi connectivity index (χ3v) is 3.37. The fourth-order valence-electron chi connectivity index (χ4n) is 2.05. The van der Waals surface area contributed by atoms with E-state index in [2.05, 4.69) is 13.8 Å². The molecule has 0 unspecified atom stereocenters. The standard InChI is InChI=1S/C17H24N2O3/c1-3-5-12-18(13-6-4-2)17(20)11-10-15-8-7-9-16(14-15)19(21)22/h7-11,14H,3-6,12-13H2,1-2H3/b11-10+. The van der Waals surface area contributed by atoms with Gasteiger partial charge in [0.25, 0.3) is 5.69 Å². The van der Waals surface area contributed by atoms with E-state index in [1.54, 1.807) is 18.2 Å². The highest BCUT2D eigenvalue weighted by molar-refractivity contribution is 5.91. The SMILES string of the molecule is CCCCN(CCCC)C(=O)/C=C/c1cccc([N+](=O)[O-])c1. The highest BCUT2D eigenvalue weighted by atomic mass is 16.6. The van der Waals surface area contributed by atoms with Crippen LogP contribution >= 0.6 is 0 Å². The van der Waals surface area contributed by atoms with Crippen LogP contribution in [0.15, 0.2) is 30.3 Å². The van der Waals surface area contributed by atoms with Crippen LogP contribution in [0, 0.1) is 10.1 Å². The second-order valence-corrected chi connectivity index (χ2v) is 5.22. The van der Waals surface area contributed by atoms with Crippen molar-refractivity contribution in [3.05, 3.63) is 46.0 Å². The Kier molecular flexibility index (Phi) is 7.89. The van der Waals surface area contributed by atoms with Gasteiger partial charge in [-0.2, -0.15) is 0 Å². The number of hydrogen-bond acceptors (Lipinski definition) is 3. The minimum Gasteiger partial charge on any atom is -0.339 e. The Morgan fingerprint density at radius 1 is 1.23 bits per heavy atom. The second-order valence-electron chi connectivity index (χ2n) is 5.22. The summed E-state index contributed by atoms with van der Waals surface area (Å²) in [5, 5.41) is 10.7. The van der Waals surface area contributed by atoms with E-state index in [9.17, 15) is 14.9 Å². The first-order valence-corrected chi connectivity index (χ1v) is 7.80. The molecular formula is C17H24N2O3. The zero-order valence-corrected chi connectivity index (χ0v) is 13.3. The van der Waals surface area contributed by atoms with E-state index in [0.29, 0.717) is 5.56 Å². The van der Waals surface area contributed by atoms with Gasteiger partial charge in [0, 0.05) is 31.3 Å². The van der Waals surface area contributed by atoms with E-state index < -0.39 is 4.92 Å². The maximum Gasteiger partial charge on any atom is 0.270 e. The van der Waals surface area contributed by atoms with Crippen molar-refractivity contribution in [2.24, 2.45) is 0 Å². The van der Waals surface area contributed by atoms with Crippen molar-refractivity contribution in [3.63, 3.8) is 0 Å². The number of amides is 1. The maximum absolute atomic E-state index is 12.3. The van der Waals surface area contributed by atoms with Crippen LogP contribution in [-0.2, 0) is 4.79 Å². The average Bonchev–Trinajstić information content (AvgIpc) is 2.53. The summed E-state index contributed by atoms with van der Waals surface area (Å²) in [6, 6.07) is 6.27. The summed E-state index contributed by atoms with van der Waals surface area (Å²) < 4.78 is 0. The first-order valence-electron chi connectivity index (χ1n) is 7.80. The molecule has 1 amide bonds. The van der Waals surface area contributed by atoms with Crippen molar-refractivity contribution in [1.29, 1.82) is 0 Å². The Labute approximate surface area is 131 Å². The monoisotopic (exact) mass is 304 g/mol. The number of benzene rings is 1. The van der Waals surface area contributed by atoms with Gasteiger partial charge >= 0.3 is 0 Å². The normalized spacial score (nSPS) is 10.8. The van der Waals surface area contributed by atoms with E-state index in [4.69, 9.17) is 0 Å². The molecule has 0 N–H and O–H groups in total. The number of non-ortho nitro benzene ring substituents is 1. The number of unbranched alkanes of at least 4 members (excludes halogenated alkanes) is 2. The van der Waals surface area contributed by atoms with Crippen LogP contribution in [0.2, 0.25) is 0 Å². The molecule has 1 aromatic carbocycles. The summed E-state index contributed by atoms with van der Waals surface area (Å²) in [6.07, 6.45) is 7.21. The molecule has 0 bridgehead atoms. The average molecular weight is 304 g/mol. The van der Waals surface area contributed by atoms with Crippen LogP contribution in [0.4, 0.5) is 5.69 Å². The van der Waals surface area contributed by atoms with Gasteiger partial charge in [-0.1, -0.05) is 38.8 Å². The van der Waals surface area contributed by atoms with Gasteiger partial charge < -0.3 is 4.90 Å². The molecule has 0 aliphatic heterocycles. The van der Waals surface area contributed by atoms with Crippen LogP contribution in [-0.4, -0.2) is 28.8 Å². The Morgan fingerprint density at radius 2 is 1.86 bits per heavy atom. The summed E-state index contributed by atoms with van der Waals surface area (Å²) >= 11 is 0. The van der Waals surface area contributed by atoms with E-state index in [1.807, 2.05) is 4.90 Å². The molecule has 0 saturated heterocycles. The van der Waals surface area contributed by atoms with Gasteiger partial charge in [-0.05, 0) is 24.5 Å². The molecule has 0 spiro atoms. The van der Waals surface area contributed by atoms with E-state index in [1.165, 1.54) is 18.2 Å². The molecule has 0 radical (unpaired) electrons. The Balaban J connectivity index is 2.74. The maximum atomic E-state index is 12.3. The quantitative estimate of drug-likeness (QED) is 0.393. The zero-order chi connectivity index (χ0) is 16.4. The van der Waals surface area contributed by atoms with Crippen LogP contribution in [0.3, 0.4) is 0 Å². The number of nitrogens with zero attached hydrogens (tertiary/aromatic N) is 2. The fraction of sp³-hybridized carbons (Fsp3) is 0.471. The fourth-order valence-corrected chi connectivity index (χ4v) is 2.05. The molecule has 0 saturated carbocycles. The highest BCUT2D eigenvalue weighted by Crippen LogP contribution is 2.14. The molecule has 5 heteroatoms. The van der Waals surface area contributed by atoms with E-state index in [0.717, 1.165) is 38.8 Å². The smallest absolute Gasteiger partial charge is 0.270 e. The van der Waals surface area contributed by atoms with Gasteiger partial charge in [0.2, 0.25) is 5.91 Å². The van der Waals surface area contributed by atoms with Crippen LogP contribution < -0.4 is 0 Å². The number of hydrogen-bond donors (Lipinski definition) is 0. The number of nitro groups is 1. The predicted molar refractivity (Wildman–Crippen MR) is 88.5 cm³/mol. The number of rotatable bonds is 9.